The minimum absolute atomic E-state index is 0.607. The Morgan fingerprint density at radius 1 is 1.28 bits per heavy atom. The zero-order valence-electron chi connectivity index (χ0n) is 10.0. The predicted molar refractivity (Wildman–Crippen MR) is 70.6 cm³/mol. The van der Waals surface area contributed by atoms with E-state index in [4.69, 9.17) is 5.26 Å². The first-order valence-electron chi connectivity index (χ1n) is 5.65. The summed E-state index contributed by atoms with van der Waals surface area (Å²) >= 11 is 0. The van der Waals surface area contributed by atoms with Gasteiger partial charge in [-0.3, -0.25) is 4.98 Å². The lowest BCUT2D eigenvalue weighted by atomic mass is 10.2. The van der Waals surface area contributed by atoms with Crippen molar-refractivity contribution >= 4 is 17.3 Å². The molecular weight excluding hydrogens is 226 g/mol. The zero-order valence-corrected chi connectivity index (χ0v) is 10.0. The summed E-state index contributed by atoms with van der Waals surface area (Å²) in [6.07, 6.45) is 3.31. The smallest absolute Gasteiger partial charge is 0.151 e. The number of anilines is 3. The number of nitrogens with one attached hydrogen (secondary N) is 2. The molecule has 1 aromatic carbocycles. The Morgan fingerprint density at radius 2 is 2.11 bits per heavy atom. The van der Waals surface area contributed by atoms with E-state index < -0.39 is 0 Å². The van der Waals surface area contributed by atoms with Crippen LogP contribution < -0.4 is 10.6 Å². The van der Waals surface area contributed by atoms with Crippen molar-refractivity contribution < 1.29 is 0 Å². The van der Waals surface area contributed by atoms with Gasteiger partial charge >= 0.3 is 0 Å². The number of hydrogen-bond donors (Lipinski definition) is 2. The van der Waals surface area contributed by atoms with Gasteiger partial charge in [0.2, 0.25) is 0 Å². The van der Waals surface area contributed by atoms with Crippen molar-refractivity contribution in [2.45, 2.75) is 6.92 Å². The first kappa shape index (κ1) is 11.9. The molecule has 0 saturated carbocycles. The fourth-order valence-electron chi connectivity index (χ4n) is 1.51. The predicted octanol–water partition coefficient (Wildman–Crippen LogP) is 2.52. The highest BCUT2D eigenvalue weighted by Gasteiger charge is 1.99. The Labute approximate surface area is 106 Å². The van der Waals surface area contributed by atoms with E-state index in [2.05, 4.69) is 26.7 Å². The summed E-state index contributed by atoms with van der Waals surface area (Å²) in [5.41, 5.74) is 1.42. The standard InChI is InChI=1S/C13H13N5/c1-2-16-12-8-15-9-13(18-12)17-11-5-3-4-10(6-11)7-14/h3-6,8-9H,2H2,1H3,(H2,16,17,18). The molecule has 0 aliphatic heterocycles. The molecule has 0 aliphatic carbocycles. The summed E-state index contributed by atoms with van der Waals surface area (Å²) in [7, 11) is 0. The van der Waals surface area contributed by atoms with Crippen molar-refractivity contribution in [1.82, 2.24) is 9.97 Å². The number of aromatic nitrogens is 2. The number of benzene rings is 1. The topological polar surface area (TPSA) is 73.6 Å². The van der Waals surface area contributed by atoms with Crippen molar-refractivity contribution in [3.05, 3.63) is 42.2 Å². The number of nitriles is 1. The molecule has 0 unspecified atom stereocenters. The molecule has 90 valence electrons. The second kappa shape index (κ2) is 5.64. The Balaban J connectivity index is 2.18. The van der Waals surface area contributed by atoms with Crippen molar-refractivity contribution in [3.63, 3.8) is 0 Å². The normalized spacial score (nSPS) is 9.56. The molecule has 0 saturated heterocycles. The third kappa shape index (κ3) is 2.95. The molecule has 0 radical (unpaired) electrons. The zero-order chi connectivity index (χ0) is 12.8. The molecule has 18 heavy (non-hydrogen) atoms. The summed E-state index contributed by atoms with van der Waals surface area (Å²) < 4.78 is 0. The molecule has 0 amide bonds. The summed E-state index contributed by atoms with van der Waals surface area (Å²) in [5.74, 6) is 1.36. The summed E-state index contributed by atoms with van der Waals surface area (Å²) in [4.78, 5) is 8.44. The SMILES string of the molecule is CCNc1cncc(Nc2cccc(C#N)c2)n1. The van der Waals surface area contributed by atoms with Crippen molar-refractivity contribution in [1.29, 1.82) is 5.26 Å². The minimum Gasteiger partial charge on any atom is -0.369 e. The third-order valence-corrected chi connectivity index (χ3v) is 2.26. The van der Waals surface area contributed by atoms with Gasteiger partial charge in [-0.15, -0.1) is 0 Å². The second-order valence-electron chi connectivity index (χ2n) is 3.64. The molecular formula is C13H13N5. The quantitative estimate of drug-likeness (QED) is 0.857. The molecule has 0 bridgehead atoms. The third-order valence-electron chi connectivity index (χ3n) is 2.26. The van der Waals surface area contributed by atoms with Crippen LogP contribution in [-0.2, 0) is 0 Å². The molecule has 0 spiro atoms. The largest absolute Gasteiger partial charge is 0.369 e. The van der Waals surface area contributed by atoms with Gasteiger partial charge in [0, 0.05) is 12.2 Å². The molecule has 0 atom stereocenters. The molecule has 2 N–H and O–H groups in total. The Hall–Kier alpha value is -2.61. The lowest BCUT2D eigenvalue weighted by Gasteiger charge is -2.07. The van der Waals surface area contributed by atoms with Crippen LogP contribution in [0.2, 0.25) is 0 Å². The van der Waals surface area contributed by atoms with Crippen LogP contribution in [0, 0.1) is 11.3 Å². The van der Waals surface area contributed by atoms with Crippen molar-refractivity contribution in [3.8, 4) is 6.07 Å². The van der Waals surface area contributed by atoms with Crippen LogP contribution in [0.4, 0.5) is 17.3 Å². The molecule has 5 nitrogen and oxygen atoms in total. The average molecular weight is 239 g/mol. The molecule has 2 aromatic rings. The van der Waals surface area contributed by atoms with Gasteiger partial charge in [-0.2, -0.15) is 5.26 Å². The fourth-order valence-corrected chi connectivity index (χ4v) is 1.51. The van der Waals surface area contributed by atoms with Crippen LogP contribution in [0.5, 0.6) is 0 Å². The van der Waals surface area contributed by atoms with Crippen molar-refractivity contribution in [2.75, 3.05) is 17.2 Å². The van der Waals surface area contributed by atoms with Crippen LogP contribution in [0.3, 0.4) is 0 Å². The second-order valence-corrected chi connectivity index (χ2v) is 3.64. The molecule has 0 fully saturated rings. The molecule has 0 aliphatic rings. The van der Waals surface area contributed by atoms with Crippen LogP contribution in [0.1, 0.15) is 12.5 Å². The summed E-state index contributed by atoms with van der Waals surface area (Å²) in [6, 6.07) is 9.32. The Bertz CT molecular complexity index is 574. The van der Waals surface area contributed by atoms with E-state index in [0.717, 1.165) is 18.1 Å². The highest BCUT2D eigenvalue weighted by atomic mass is 15.1. The van der Waals surface area contributed by atoms with Gasteiger partial charge in [0.25, 0.3) is 0 Å². The molecule has 5 heteroatoms. The van der Waals surface area contributed by atoms with E-state index in [-0.39, 0.29) is 0 Å². The van der Waals surface area contributed by atoms with Gasteiger partial charge < -0.3 is 10.6 Å². The lowest BCUT2D eigenvalue weighted by molar-refractivity contribution is 1.12. The van der Waals surface area contributed by atoms with E-state index in [9.17, 15) is 0 Å². The molecule has 1 aromatic heterocycles. The first-order valence-corrected chi connectivity index (χ1v) is 5.65. The maximum Gasteiger partial charge on any atom is 0.151 e. The summed E-state index contributed by atoms with van der Waals surface area (Å²) in [6.45, 7) is 2.79. The van der Waals surface area contributed by atoms with E-state index in [1.165, 1.54) is 0 Å². The van der Waals surface area contributed by atoms with Crippen LogP contribution in [-0.4, -0.2) is 16.5 Å². The highest BCUT2D eigenvalue weighted by molar-refractivity contribution is 5.58. The number of rotatable bonds is 4. The fraction of sp³-hybridized carbons (Fsp3) is 0.154. The van der Waals surface area contributed by atoms with E-state index in [0.29, 0.717) is 11.4 Å². The monoisotopic (exact) mass is 239 g/mol. The number of nitrogens with zero attached hydrogens (tertiary/aromatic N) is 3. The molecule has 2 rings (SSSR count). The number of hydrogen-bond acceptors (Lipinski definition) is 5. The van der Waals surface area contributed by atoms with Gasteiger partial charge in [0.15, 0.2) is 5.82 Å². The van der Waals surface area contributed by atoms with Gasteiger partial charge in [-0.05, 0) is 25.1 Å². The lowest BCUT2D eigenvalue weighted by Crippen LogP contribution is -2.02. The van der Waals surface area contributed by atoms with Gasteiger partial charge in [0.05, 0.1) is 24.0 Å². The Morgan fingerprint density at radius 3 is 2.89 bits per heavy atom. The van der Waals surface area contributed by atoms with Gasteiger partial charge in [-0.25, -0.2) is 4.98 Å². The van der Waals surface area contributed by atoms with Gasteiger partial charge in [0.1, 0.15) is 5.82 Å². The summed E-state index contributed by atoms with van der Waals surface area (Å²) in [5, 5.41) is 15.0. The maximum absolute atomic E-state index is 8.83. The maximum atomic E-state index is 8.83. The van der Waals surface area contributed by atoms with Crippen LogP contribution in [0.15, 0.2) is 36.7 Å². The first-order chi connectivity index (χ1) is 8.81. The van der Waals surface area contributed by atoms with Crippen LogP contribution in [0.25, 0.3) is 0 Å². The minimum atomic E-state index is 0.607. The van der Waals surface area contributed by atoms with Crippen molar-refractivity contribution in [2.24, 2.45) is 0 Å². The average Bonchev–Trinajstić information content (AvgIpc) is 2.40. The van der Waals surface area contributed by atoms with E-state index in [1.807, 2.05) is 19.1 Å². The highest BCUT2D eigenvalue weighted by Crippen LogP contribution is 2.16. The van der Waals surface area contributed by atoms with Gasteiger partial charge in [-0.1, -0.05) is 6.07 Å². The van der Waals surface area contributed by atoms with E-state index >= 15 is 0 Å². The molecule has 1 heterocycles. The Kier molecular flexibility index (Phi) is 3.72. The van der Waals surface area contributed by atoms with Crippen LogP contribution >= 0.6 is 0 Å². The van der Waals surface area contributed by atoms with E-state index in [1.54, 1.807) is 24.5 Å².